The van der Waals surface area contributed by atoms with Crippen molar-refractivity contribution in [2.24, 2.45) is 5.92 Å². The molecule has 0 aliphatic heterocycles. The monoisotopic (exact) mass is 317 g/mol. The summed E-state index contributed by atoms with van der Waals surface area (Å²) in [5, 5.41) is 0. The van der Waals surface area contributed by atoms with Gasteiger partial charge in [0.25, 0.3) is 10.0 Å². The van der Waals surface area contributed by atoms with E-state index < -0.39 is 10.0 Å². The highest BCUT2D eigenvalue weighted by Gasteiger charge is 2.21. The molecule has 7 heteroatoms. The van der Waals surface area contributed by atoms with Gasteiger partial charge in [-0.3, -0.25) is 4.79 Å². The molecule has 0 atom stereocenters. The zero-order valence-electron chi connectivity index (χ0n) is 12.0. The average Bonchev–Trinajstić information content (AvgIpc) is 2.38. The second-order valence-electron chi connectivity index (χ2n) is 4.59. The van der Waals surface area contributed by atoms with E-state index >= 15 is 0 Å². The number of carbonyl (C=O) groups is 1. The Morgan fingerprint density at radius 3 is 2.35 bits per heavy atom. The van der Waals surface area contributed by atoms with E-state index in [1.165, 1.54) is 7.05 Å². The molecule has 1 rings (SSSR count). The zero-order chi connectivity index (χ0) is 15.3. The number of nitrogens with zero attached hydrogens (tertiary/aromatic N) is 1. The van der Waals surface area contributed by atoms with Crippen molar-refractivity contribution in [3.8, 4) is 0 Å². The van der Waals surface area contributed by atoms with Crippen LogP contribution in [0.2, 0.25) is 0 Å². The molecule has 0 aliphatic rings. The fraction of sp³-hybridized carbons (Fsp3) is 0.462. The summed E-state index contributed by atoms with van der Waals surface area (Å²) in [4.78, 5) is 11.5. The van der Waals surface area contributed by atoms with Crippen LogP contribution in [0, 0.1) is 12.8 Å². The van der Waals surface area contributed by atoms with Crippen LogP contribution in [-0.4, -0.2) is 31.1 Å². The Morgan fingerprint density at radius 1 is 1.30 bits per heavy atom. The minimum absolute atomic E-state index is 0.0292. The number of hydrogen-bond acceptors (Lipinski definition) is 5. The van der Waals surface area contributed by atoms with Gasteiger partial charge in [0, 0.05) is 7.05 Å². The number of benzene rings is 1. The van der Waals surface area contributed by atoms with E-state index in [0.29, 0.717) is 0 Å². The topological polar surface area (TPSA) is 63.7 Å². The van der Waals surface area contributed by atoms with Gasteiger partial charge in [0.15, 0.2) is 5.94 Å². The maximum absolute atomic E-state index is 12.2. The number of aryl methyl sites for hydroxylation is 1. The Labute approximate surface area is 124 Å². The third-order valence-electron chi connectivity index (χ3n) is 2.56. The molecule has 5 nitrogen and oxygen atoms in total. The Morgan fingerprint density at radius 2 is 1.85 bits per heavy atom. The molecule has 0 heterocycles. The van der Waals surface area contributed by atoms with Gasteiger partial charge in [0.2, 0.25) is 0 Å². The third kappa shape index (κ3) is 4.50. The molecule has 0 aromatic heterocycles. The van der Waals surface area contributed by atoms with Gasteiger partial charge < -0.3 is 4.74 Å². The molecular formula is C13H19NO4S2. The van der Waals surface area contributed by atoms with Gasteiger partial charge in [0.05, 0.1) is 10.8 Å². The Kier molecular flexibility index (Phi) is 6.04. The molecule has 20 heavy (non-hydrogen) atoms. The van der Waals surface area contributed by atoms with E-state index in [9.17, 15) is 13.2 Å². The molecule has 0 N–H and O–H groups in total. The maximum atomic E-state index is 12.2. The van der Waals surface area contributed by atoms with Crippen molar-refractivity contribution < 1.29 is 17.9 Å². The van der Waals surface area contributed by atoms with Crippen molar-refractivity contribution in [1.29, 1.82) is 0 Å². The van der Waals surface area contributed by atoms with E-state index in [1.807, 2.05) is 6.92 Å². The van der Waals surface area contributed by atoms with Crippen LogP contribution in [-0.2, 0) is 19.6 Å². The summed E-state index contributed by atoms with van der Waals surface area (Å²) < 4.78 is 30.5. The summed E-state index contributed by atoms with van der Waals surface area (Å²) in [7, 11) is -2.14. The molecule has 1 aromatic rings. The van der Waals surface area contributed by atoms with Gasteiger partial charge >= 0.3 is 5.97 Å². The van der Waals surface area contributed by atoms with Crippen LogP contribution in [0.1, 0.15) is 19.4 Å². The van der Waals surface area contributed by atoms with Crippen molar-refractivity contribution >= 4 is 27.9 Å². The molecule has 0 amide bonds. The number of sulfonamides is 1. The van der Waals surface area contributed by atoms with E-state index in [4.69, 9.17) is 4.74 Å². The lowest BCUT2D eigenvalue weighted by atomic mass is 10.2. The van der Waals surface area contributed by atoms with Crippen LogP contribution in [0.5, 0.6) is 0 Å². The summed E-state index contributed by atoms with van der Waals surface area (Å²) >= 11 is 0.930. The SMILES string of the molecule is Cc1ccc(S(=O)(=O)N(C)SCOC(=O)C(C)C)cc1. The van der Waals surface area contributed by atoms with E-state index in [2.05, 4.69) is 0 Å². The van der Waals surface area contributed by atoms with E-state index in [1.54, 1.807) is 38.1 Å². The molecule has 0 spiro atoms. The first-order valence-electron chi connectivity index (χ1n) is 6.10. The van der Waals surface area contributed by atoms with Gasteiger partial charge in [-0.25, -0.2) is 8.42 Å². The standard InChI is InChI=1S/C13H19NO4S2/c1-10(2)13(15)18-9-19-14(4)20(16,17)12-7-5-11(3)6-8-12/h5-8,10H,9H2,1-4H3. The van der Waals surface area contributed by atoms with Gasteiger partial charge in [-0.1, -0.05) is 31.5 Å². The molecule has 0 radical (unpaired) electrons. The number of ether oxygens (including phenoxy) is 1. The first-order chi connectivity index (χ1) is 9.25. The smallest absolute Gasteiger partial charge is 0.309 e. The molecule has 0 bridgehead atoms. The van der Waals surface area contributed by atoms with Crippen LogP contribution in [0.15, 0.2) is 29.2 Å². The lowest BCUT2D eigenvalue weighted by molar-refractivity contribution is -0.145. The van der Waals surface area contributed by atoms with E-state index in [-0.39, 0.29) is 22.7 Å². The van der Waals surface area contributed by atoms with Gasteiger partial charge in [-0.05, 0) is 31.0 Å². The minimum Gasteiger partial charge on any atom is -0.453 e. The average molecular weight is 317 g/mol. The summed E-state index contributed by atoms with van der Waals surface area (Å²) in [5.41, 5.74) is 0.991. The lowest BCUT2D eigenvalue weighted by Gasteiger charge is -2.16. The number of rotatable bonds is 6. The Bertz CT molecular complexity index is 552. The third-order valence-corrected chi connectivity index (χ3v) is 5.60. The van der Waals surface area contributed by atoms with Crippen molar-refractivity contribution in [2.45, 2.75) is 25.7 Å². The minimum atomic E-state index is -3.57. The van der Waals surface area contributed by atoms with Crippen LogP contribution in [0.3, 0.4) is 0 Å². The van der Waals surface area contributed by atoms with Crippen LogP contribution in [0.4, 0.5) is 0 Å². The quantitative estimate of drug-likeness (QED) is 0.458. The highest BCUT2D eigenvalue weighted by Crippen LogP contribution is 2.21. The number of esters is 1. The fourth-order valence-electron chi connectivity index (χ4n) is 1.25. The molecule has 0 aliphatic carbocycles. The van der Waals surface area contributed by atoms with E-state index in [0.717, 1.165) is 21.2 Å². The number of carbonyl (C=O) groups excluding carboxylic acids is 1. The molecule has 0 saturated carbocycles. The van der Waals surface area contributed by atoms with Crippen molar-refractivity contribution in [2.75, 3.05) is 13.0 Å². The predicted molar refractivity (Wildman–Crippen MR) is 79.5 cm³/mol. The van der Waals surface area contributed by atoms with Gasteiger partial charge in [-0.15, -0.1) is 3.71 Å². The summed E-state index contributed by atoms with van der Waals surface area (Å²) in [6.07, 6.45) is 0. The van der Waals surface area contributed by atoms with Crippen molar-refractivity contribution in [1.82, 2.24) is 3.71 Å². The zero-order valence-corrected chi connectivity index (χ0v) is 13.6. The summed E-state index contributed by atoms with van der Waals surface area (Å²) in [6.45, 7) is 5.33. The molecular weight excluding hydrogens is 298 g/mol. The van der Waals surface area contributed by atoms with Crippen molar-refractivity contribution in [3.05, 3.63) is 29.8 Å². The highest BCUT2D eigenvalue weighted by atomic mass is 32.3. The normalized spacial score (nSPS) is 11.9. The van der Waals surface area contributed by atoms with Crippen LogP contribution >= 0.6 is 11.9 Å². The first-order valence-corrected chi connectivity index (χ1v) is 8.48. The van der Waals surface area contributed by atoms with Gasteiger partial charge in [-0.2, -0.15) is 0 Å². The second kappa shape index (κ2) is 7.10. The molecule has 0 unspecified atom stereocenters. The molecule has 0 saturated heterocycles. The Balaban J connectivity index is 2.64. The highest BCUT2D eigenvalue weighted by molar-refractivity contribution is 8.08. The molecule has 1 aromatic carbocycles. The second-order valence-corrected chi connectivity index (χ2v) is 7.83. The Hall–Kier alpha value is -1.05. The number of hydrogen-bond donors (Lipinski definition) is 0. The lowest BCUT2D eigenvalue weighted by Crippen LogP contribution is -2.22. The maximum Gasteiger partial charge on any atom is 0.309 e. The largest absolute Gasteiger partial charge is 0.453 e. The fourth-order valence-corrected chi connectivity index (χ4v) is 3.29. The molecule has 112 valence electrons. The van der Waals surface area contributed by atoms with Crippen LogP contribution < -0.4 is 0 Å². The summed E-state index contributed by atoms with van der Waals surface area (Å²) in [6, 6.07) is 6.60. The van der Waals surface area contributed by atoms with Crippen LogP contribution in [0.25, 0.3) is 0 Å². The summed E-state index contributed by atoms with van der Waals surface area (Å²) in [5.74, 6) is -0.605. The molecule has 0 fully saturated rings. The predicted octanol–water partition coefficient (Wildman–Crippen LogP) is 2.42. The van der Waals surface area contributed by atoms with Gasteiger partial charge in [0.1, 0.15) is 0 Å². The van der Waals surface area contributed by atoms with Crippen molar-refractivity contribution in [3.63, 3.8) is 0 Å². The first kappa shape index (κ1) is 17.0.